The number of hydrogen-bond acceptors (Lipinski definition) is 4. The smallest absolute Gasteiger partial charge is 0.0897 e. The van der Waals surface area contributed by atoms with Gasteiger partial charge in [0, 0.05) is 6.42 Å². The topological polar surface area (TPSA) is 41.5 Å². The van der Waals surface area contributed by atoms with Gasteiger partial charge in [-0.05, 0) is 26.5 Å². The molecule has 3 nitrogen and oxygen atoms in total. The number of rotatable bonds is 3. The molecule has 0 spiro atoms. The number of ether oxygens (including phenoxy) is 1. The Morgan fingerprint density at radius 2 is 2.31 bits per heavy atom. The van der Waals surface area contributed by atoms with Gasteiger partial charge in [0.1, 0.15) is 0 Å². The van der Waals surface area contributed by atoms with Crippen LogP contribution in [0, 0.1) is 0 Å². The summed E-state index contributed by atoms with van der Waals surface area (Å²) in [5.41, 5.74) is 0. The van der Waals surface area contributed by atoms with E-state index in [0.717, 1.165) is 12.8 Å². The molecule has 0 N–H and O–H groups in total. The molecular formula is C8H16O3PS-. The van der Waals surface area contributed by atoms with Gasteiger partial charge >= 0.3 is 0 Å². The van der Waals surface area contributed by atoms with E-state index >= 15 is 0 Å². The van der Waals surface area contributed by atoms with Gasteiger partial charge in [-0.3, -0.25) is 0 Å². The van der Waals surface area contributed by atoms with Gasteiger partial charge < -0.3 is 14.2 Å². The summed E-state index contributed by atoms with van der Waals surface area (Å²) in [6.45, 7) is 2.71. The Morgan fingerprint density at radius 1 is 1.69 bits per heavy atom. The van der Waals surface area contributed by atoms with Crippen molar-refractivity contribution in [2.75, 3.05) is 6.66 Å². The average Bonchev–Trinajstić information content (AvgIpc) is 2.27. The van der Waals surface area contributed by atoms with E-state index in [1.807, 2.05) is 13.8 Å². The van der Waals surface area contributed by atoms with Gasteiger partial charge in [0.25, 0.3) is 0 Å². The maximum atomic E-state index is 11.3. The van der Waals surface area contributed by atoms with E-state index in [4.69, 9.17) is 21.1 Å². The molecular weight excluding hydrogens is 207 g/mol. The Kier molecular flexibility index (Phi) is 3.90. The Labute approximate surface area is 84.6 Å². The molecule has 2 unspecified atom stereocenters. The van der Waals surface area contributed by atoms with Crippen molar-refractivity contribution in [2.45, 2.75) is 45.0 Å². The van der Waals surface area contributed by atoms with Gasteiger partial charge in [0.2, 0.25) is 0 Å². The van der Waals surface area contributed by atoms with Crippen molar-refractivity contribution in [3.63, 3.8) is 0 Å². The fourth-order valence-corrected chi connectivity index (χ4v) is 2.68. The van der Waals surface area contributed by atoms with Crippen LogP contribution in [0.15, 0.2) is 0 Å². The molecule has 0 bridgehead atoms. The molecule has 1 fully saturated rings. The zero-order chi connectivity index (χ0) is 10.1. The molecule has 1 rings (SSSR count). The van der Waals surface area contributed by atoms with Crippen LogP contribution in [0.25, 0.3) is 0 Å². The summed E-state index contributed by atoms with van der Waals surface area (Å²) in [6, 6.07) is 0. The molecule has 0 amide bonds. The Morgan fingerprint density at radius 3 is 2.77 bits per heavy atom. The van der Waals surface area contributed by atoms with Gasteiger partial charge in [-0.2, -0.15) is 0 Å². The summed E-state index contributed by atoms with van der Waals surface area (Å²) in [5, 5.41) is 0. The summed E-state index contributed by atoms with van der Waals surface area (Å²) >= 11 is 4.74. The van der Waals surface area contributed by atoms with Gasteiger partial charge in [0.15, 0.2) is 0 Å². The van der Waals surface area contributed by atoms with E-state index in [1.54, 1.807) is 0 Å². The second-order valence-electron chi connectivity index (χ2n) is 3.54. The van der Waals surface area contributed by atoms with Crippen LogP contribution in [0.5, 0.6) is 0 Å². The van der Waals surface area contributed by atoms with Crippen LogP contribution in [-0.4, -0.2) is 25.0 Å². The highest BCUT2D eigenvalue weighted by Gasteiger charge is 2.32. The van der Waals surface area contributed by atoms with Crippen molar-refractivity contribution in [2.24, 2.45) is 0 Å². The van der Waals surface area contributed by atoms with E-state index < -0.39 is 6.49 Å². The third-order valence-electron chi connectivity index (χ3n) is 2.12. The maximum absolute atomic E-state index is 11.3. The summed E-state index contributed by atoms with van der Waals surface area (Å²) in [6.07, 6.45) is 1.85. The molecule has 1 saturated heterocycles. The molecule has 5 heteroatoms. The van der Waals surface area contributed by atoms with E-state index in [9.17, 15) is 4.89 Å². The van der Waals surface area contributed by atoms with E-state index in [1.165, 1.54) is 6.66 Å². The molecule has 4 atom stereocenters. The zero-order valence-corrected chi connectivity index (χ0v) is 9.94. The first-order chi connectivity index (χ1) is 5.92. The van der Waals surface area contributed by atoms with E-state index in [2.05, 4.69) is 0 Å². The Hall–Kier alpha value is 0.530. The summed E-state index contributed by atoms with van der Waals surface area (Å²) in [7, 11) is 0. The average molecular weight is 223 g/mol. The summed E-state index contributed by atoms with van der Waals surface area (Å²) in [5.74, 6) is 0. The Balaban J connectivity index is 2.54. The standard InChI is InChI=1S/C8H17O3PS/c1-4-7-8(5-6(2)10-7)11-12(3,9)13/h6-8H,4-5H2,1-3H3,(H,9,13)/p-1/t6-,7+,8?,12?/m0/s1. The predicted molar refractivity (Wildman–Crippen MR) is 54.3 cm³/mol. The SMILES string of the molecule is CC[C@H]1O[C@@H](C)CC1OP(C)([O-])=S. The second kappa shape index (κ2) is 4.37. The van der Waals surface area contributed by atoms with Crippen LogP contribution in [0.1, 0.15) is 26.7 Å². The van der Waals surface area contributed by atoms with Crippen molar-refractivity contribution in [3.05, 3.63) is 0 Å². The van der Waals surface area contributed by atoms with Crippen molar-refractivity contribution in [1.29, 1.82) is 0 Å². The molecule has 0 aromatic carbocycles. The van der Waals surface area contributed by atoms with Crippen molar-refractivity contribution in [1.82, 2.24) is 0 Å². The lowest BCUT2D eigenvalue weighted by atomic mass is 10.1. The first kappa shape index (κ1) is 11.6. The number of hydrogen-bond donors (Lipinski definition) is 0. The van der Waals surface area contributed by atoms with Gasteiger partial charge in [-0.15, -0.1) is 0 Å². The minimum absolute atomic E-state index is 0.0613. The van der Waals surface area contributed by atoms with Crippen LogP contribution >= 0.6 is 6.49 Å². The van der Waals surface area contributed by atoms with Gasteiger partial charge in [-0.1, -0.05) is 18.7 Å². The molecule has 1 heterocycles. The lowest BCUT2D eigenvalue weighted by Crippen LogP contribution is -2.24. The van der Waals surface area contributed by atoms with Crippen LogP contribution in [-0.2, 0) is 21.1 Å². The molecule has 13 heavy (non-hydrogen) atoms. The molecule has 0 aromatic rings. The largest absolute Gasteiger partial charge is 0.801 e. The monoisotopic (exact) mass is 223 g/mol. The van der Waals surface area contributed by atoms with Crippen LogP contribution in [0.3, 0.4) is 0 Å². The fourth-order valence-electron chi connectivity index (χ4n) is 1.64. The lowest BCUT2D eigenvalue weighted by molar-refractivity contribution is -0.185. The van der Waals surface area contributed by atoms with Crippen molar-refractivity contribution >= 4 is 18.3 Å². The minimum Gasteiger partial charge on any atom is -0.801 e. The molecule has 0 aliphatic carbocycles. The first-order valence-corrected chi connectivity index (χ1v) is 7.63. The fraction of sp³-hybridized carbons (Fsp3) is 1.00. The van der Waals surface area contributed by atoms with E-state index in [0.29, 0.717) is 0 Å². The highest BCUT2D eigenvalue weighted by Crippen LogP contribution is 2.39. The maximum Gasteiger partial charge on any atom is 0.0897 e. The second-order valence-corrected chi connectivity index (χ2v) is 7.29. The van der Waals surface area contributed by atoms with Crippen LogP contribution < -0.4 is 4.89 Å². The van der Waals surface area contributed by atoms with Gasteiger partial charge in [0.05, 0.1) is 18.3 Å². The Bertz CT molecular complexity index is 215. The molecule has 1 aliphatic rings. The predicted octanol–water partition coefficient (Wildman–Crippen LogP) is 1.26. The first-order valence-electron chi connectivity index (χ1n) is 4.54. The van der Waals surface area contributed by atoms with Crippen molar-refractivity contribution in [3.8, 4) is 0 Å². The van der Waals surface area contributed by atoms with Crippen molar-refractivity contribution < 1.29 is 14.2 Å². The minimum atomic E-state index is -2.79. The van der Waals surface area contributed by atoms with Crippen LogP contribution in [0.4, 0.5) is 0 Å². The third kappa shape index (κ3) is 3.64. The molecule has 0 saturated carbocycles. The zero-order valence-electron chi connectivity index (χ0n) is 8.23. The molecule has 0 aromatic heterocycles. The third-order valence-corrected chi connectivity index (χ3v) is 3.03. The van der Waals surface area contributed by atoms with Gasteiger partial charge in [-0.25, -0.2) is 0 Å². The summed E-state index contributed by atoms with van der Waals surface area (Å²) < 4.78 is 10.9. The molecule has 0 radical (unpaired) electrons. The molecule has 1 aliphatic heterocycles. The highest BCUT2D eigenvalue weighted by atomic mass is 32.5. The van der Waals surface area contributed by atoms with Crippen LogP contribution in [0.2, 0.25) is 0 Å². The summed E-state index contributed by atoms with van der Waals surface area (Å²) in [4.78, 5) is 11.3. The highest BCUT2D eigenvalue weighted by molar-refractivity contribution is 8.08. The lowest BCUT2D eigenvalue weighted by Gasteiger charge is -2.28. The molecule has 78 valence electrons. The normalized spacial score (nSPS) is 38.9. The quantitative estimate of drug-likeness (QED) is 0.675. The van der Waals surface area contributed by atoms with E-state index in [-0.39, 0.29) is 18.3 Å².